The Morgan fingerprint density at radius 3 is 2.71 bits per heavy atom. The number of ether oxygens (including phenoxy) is 1. The first-order valence-electron chi connectivity index (χ1n) is 5.45. The molecular weight excluding hydrogens is 214 g/mol. The first kappa shape index (κ1) is 11.5. The fourth-order valence-corrected chi connectivity index (χ4v) is 1.65. The van der Waals surface area contributed by atoms with E-state index in [0.29, 0.717) is 0 Å². The molecule has 88 valence electrons. The molecule has 3 nitrogen and oxygen atoms in total. The Morgan fingerprint density at radius 1 is 1.24 bits per heavy atom. The van der Waals surface area contributed by atoms with Crippen molar-refractivity contribution in [3.05, 3.63) is 47.9 Å². The van der Waals surface area contributed by atoms with Gasteiger partial charge in [-0.3, -0.25) is 0 Å². The van der Waals surface area contributed by atoms with Crippen LogP contribution in [0.3, 0.4) is 0 Å². The number of rotatable bonds is 3. The number of benzene rings is 1. The molecule has 2 rings (SSSR count). The summed E-state index contributed by atoms with van der Waals surface area (Å²) in [7, 11) is 1.65. The molecule has 0 N–H and O–H groups in total. The Hall–Kier alpha value is -2.03. The number of hydrogen-bond acceptors (Lipinski definition) is 3. The van der Waals surface area contributed by atoms with Gasteiger partial charge in [0.2, 0.25) is 0 Å². The van der Waals surface area contributed by atoms with E-state index < -0.39 is 0 Å². The summed E-state index contributed by atoms with van der Waals surface area (Å²) in [6.45, 7) is 3.93. The predicted molar refractivity (Wildman–Crippen MR) is 68.3 cm³/mol. The molecule has 0 aliphatic rings. The van der Waals surface area contributed by atoms with Gasteiger partial charge in [0.25, 0.3) is 0 Å². The van der Waals surface area contributed by atoms with Gasteiger partial charge in [0, 0.05) is 0 Å². The normalized spacial score (nSPS) is 11.6. The van der Waals surface area contributed by atoms with E-state index >= 15 is 0 Å². The van der Waals surface area contributed by atoms with Gasteiger partial charge in [0.15, 0.2) is 0 Å². The van der Waals surface area contributed by atoms with Gasteiger partial charge in [-0.2, -0.15) is 0 Å². The zero-order valence-electron chi connectivity index (χ0n) is 10.2. The Kier molecular flexibility index (Phi) is 3.28. The summed E-state index contributed by atoms with van der Waals surface area (Å²) in [6, 6.07) is 9.61. The quantitative estimate of drug-likeness (QED) is 0.751. The standard InChI is InChI=1S/C14H15NO2/c1-10-6-4-7-13(16-3)14(10)15-11(2)12-8-5-9-17-12/h4-9H,1-3H3. The fraction of sp³-hybridized carbons (Fsp3) is 0.214. The lowest BCUT2D eigenvalue weighted by atomic mass is 10.2. The second kappa shape index (κ2) is 4.87. The van der Waals surface area contributed by atoms with Gasteiger partial charge in [-0.15, -0.1) is 0 Å². The fourth-order valence-electron chi connectivity index (χ4n) is 1.65. The maximum absolute atomic E-state index is 5.31. The maximum Gasteiger partial charge on any atom is 0.147 e. The zero-order chi connectivity index (χ0) is 12.3. The highest BCUT2D eigenvalue weighted by Crippen LogP contribution is 2.31. The van der Waals surface area contributed by atoms with Crippen LogP contribution in [0.5, 0.6) is 5.75 Å². The third-order valence-electron chi connectivity index (χ3n) is 2.58. The van der Waals surface area contributed by atoms with Crippen LogP contribution in [-0.2, 0) is 0 Å². The molecule has 3 heteroatoms. The van der Waals surface area contributed by atoms with Crippen molar-refractivity contribution in [2.45, 2.75) is 13.8 Å². The molecule has 0 bridgehead atoms. The molecule has 1 aromatic carbocycles. The molecule has 0 saturated carbocycles. The molecule has 1 aromatic heterocycles. The lowest BCUT2D eigenvalue weighted by Crippen LogP contribution is -1.93. The van der Waals surface area contributed by atoms with Gasteiger partial charge < -0.3 is 9.15 Å². The average Bonchev–Trinajstić information content (AvgIpc) is 2.85. The third kappa shape index (κ3) is 2.38. The van der Waals surface area contributed by atoms with E-state index in [4.69, 9.17) is 9.15 Å². The van der Waals surface area contributed by atoms with Crippen LogP contribution in [0.4, 0.5) is 5.69 Å². The second-order valence-corrected chi connectivity index (χ2v) is 3.80. The Labute approximate surface area is 101 Å². The minimum Gasteiger partial charge on any atom is -0.494 e. The topological polar surface area (TPSA) is 34.7 Å². The van der Waals surface area contributed by atoms with Crippen molar-refractivity contribution >= 4 is 11.4 Å². The first-order chi connectivity index (χ1) is 8.22. The summed E-state index contributed by atoms with van der Waals surface area (Å²) in [5.41, 5.74) is 2.77. The highest BCUT2D eigenvalue weighted by Gasteiger charge is 2.07. The SMILES string of the molecule is COc1cccc(C)c1N=C(C)c1ccco1. The van der Waals surface area contributed by atoms with E-state index in [1.54, 1.807) is 13.4 Å². The van der Waals surface area contributed by atoms with Crippen molar-refractivity contribution in [1.29, 1.82) is 0 Å². The highest BCUT2D eigenvalue weighted by molar-refractivity contribution is 5.98. The molecule has 0 spiro atoms. The van der Waals surface area contributed by atoms with Gasteiger partial charge in [-0.05, 0) is 37.6 Å². The van der Waals surface area contributed by atoms with E-state index in [9.17, 15) is 0 Å². The van der Waals surface area contributed by atoms with Gasteiger partial charge in [0.1, 0.15) is 17.2 Å². The number of aliphatic imine (C=N–C) groups is 1. The van der Waals surface area contributed by atoms with Crippen LogP contribution >= 0.6 is 0 Å². The van der Waals surface area contributed by atoms with Crippen molar-refractivity contribution in [2.24, 2.45) is 4.99 Å². The maximum atomic E-state index is 5.31. The molecule has 0 unspecified atom stereocenters. The predicted octanol–water partition coefficient (Wildman–Crippen LogP) is 3.74. The molecule has 1 heterocycles. The smallest absolute Gasteiger partial charge is 0.147 e. The Morgan fingerprint density at radius 2 is 2.06 bits per heavy atom. The number of furan rings is 1. The Balaban J connectivity index is 2.45. The molecule has 0 aliphatic heterocycles. The van der Waals surface area contributed by atoms with Gasteiger partial charge >= 0.3 is 0 Å². The molecular formula is C14H15NO2. The van der Waals surface area contributed by atoms with Crippen LogP contribution in [0.1, 0.15) is 18.2 Å². The summed E-state index contributed by atoms with van der Waals surface area (Å²) >= 11 is 0. The van der Waals surface area contributed by atoms with E-state index in [2.05, 4.69) is 4.99 Å². The van der Waals surface area contributed by atoms with Crippen LogP contribution in [0.2, 0.25) is 0 Å². The number of para-hydroxylation sites is 1. The van der Waals surface area contributed by atoms with Crippen LogP contribution < -0.4 is 4.74 Å². The Bertz CT molecular complexity index is 527. The van der Waals surface area contributed by atoms with Gasteiger partial charge in [-0.25, -0.2) is 4.99 Å². The van der Waals surface area contributed by atoms with Crippen molar-refractivity contribution in [3.8, 4) is 5.75 Å². The van der Waals surface area contributed by atoms with Crippen molar-refractivity contribution < 1.29 is 9.15 Å². The van der Waals surface area contributed by atoms with E-state index in [-0.39, 0.29) is 0 Å². The lowest BCUT2D eigenvalue weighted by Gasteiger charge is -2.07. The summed E-state index contributed by atoms with van der Waals surface area (Å²) in [6.07, 6.45) is 1.64. The largest absolute Gasteiger partial charge is 0.494 e. The molecule has 0 atom stereocenters. The van der Waals surface area contributed by atoms with Crippen LogP contribution in [0.25, 0.3) is 0 Å². The van der Waals surface area contributed by atoms with Crippen molar-refractivity contribution in [1.82, 2.24) is 0 Å². The summed E-state index contributed by atoms with van der Waals surface area (Å²) in [5, 5.41) is 0. The second-order valence-electron chi connectivity index (χ2n) is 3.80. The molecule has 0 fully saturated rings. The highest BCUT2D eigenvalue weighted by atomic mass is 16.5. The third-order valence-corrected chi connectivity index (χ3v) is 2.58. The van der Waals surface area contributed by atoms with Crippen LogP contribution in [-0.4, -0.2) is 12.8 Å². The van der Waals surface area contributed by atoms with Crippen molar-refractivity contribution in [2.75, 3.05) is 7.11 Å². The summed E-state index contributed by atoms with van der Waals surface area (Å²) in [4.78, 5) is 4.57. The van der Waals surface area contributed by atoms with E-state index in [1.807, 2.05) is 44.2 Å². The minimum absolute atomic E-state index is 0.773. The van der Waals surface area contributed by atoms with Crippen LogP contribution in [0.15, 0.2) is 46.0 Å². The van der Waals surface area contributed by atoms with Crippen molar-refractivity contribution in [3.63, 3.8) is 0 Å². The number of aryl methyl sites for hydroxylation is 1. The minimum atomic E-state index is 0.773. The number of nitrogens with zero attached hydrogens (tertiary/aromatic N) is 1. The van der Waals surface area contributed by atoms with E-state index in [1.165, 1.54) is 0 Å². The average molecular weight is 229 g/mol. The number of hydrogen-bond donors (Lipinski definition) is 0. The molecule has 17 heavy (non-hydrogen) atoms. The molecule has 0 saturated heterocycles. The first-order valence-corrected chi connectivity index (χ1v) is 5.45. The number of methoxy groups -OCH3 is 1. The van der Waals surface area contributed by atoms with Gasteiger partial charge in [0.05, 0.1) is 19.1 Å². The monoisotopic (exact) mass is 229 g/mol. The molecule has 0 radical (unpaired) electrons. The zero-order valence-corrected chi connectivity index (χ0v) is 10.2. The molecule has 0 amide bonds. The van der Waals surface area contributed by atoms with Crippen LogP contribution in [0, 0.1) is 6.92 Å². The lowest BCUT2D eigenvalue weighted by molar-refractivity contribution is 0.416. The van der Waals surface area contributed by atoms with Gasteiger partial charge in [-0.1, -0.05) is 12.1 Å². The molecule has 0 aliphatic carbocycles. The summed E-state index contributed by atoms with van der Waals surface area (Å²) in [5.74, 6) is 1.55. The van der Waals surface area contributed by atoms with E-state index in [0.717, 1.165) is 28.5 Å². The summed E-state index contributed by atoms with van der Waals surface area (Å²) < 4.78 is 10.6. The molecule has 2 aromatic rings.